The van der Waals surface area contributed by atoms with E-state index in [4.69, 9.17) is 4.98 Å². The van der Waals surface area contributed by atoms with Crippen LogP contribution in [-0.4, -0.2) is 40.4 Å². The molecule has 1 aromatic heterocycles. The number of carbonyl (C=O) groups excluding carboxylic acids is 3. The van der Waals surface area contributed by atoms with Gasteiger partial charge in [-0.1, -0.05) is 12.1 Å². The van der Waals surface area contributed by atoms with Crippen LogP contribution in [0.3, 0.4) is 0 Å². The van der Waals surface area contributed by atoms with Gasteiger partial charge in [-0.3, -0.25) is 19.7 Å². The van der Waals surface area contributed by atoms with Crippen LogP contribution in [0.15, 0.2) is 42.5 Å². The van der Waals surface area contributed by atoms with Gasteiger partial charge in [0.1, 0.15) is 0 Å². The Balaban J connectivity index is 1.63. The average molecular weight is 446 g/mol. The van der Waals surface area contributed by atoms with Crippen LogP contribution in [-0.2, 0) is 4.79 Å². The van der Waals surface area contributed by atoms with Crippen LogP contribution in [0.25, 0.3) is 11.0 Å². The van der Waals surface area contributed by atoms with E-state index in [0.29, 0.717) is 36.6 Å². The number of benzene rings is 2. The minimum Gasteiger partial charge on any atom is -0.352 e. The monoisotopic (exact) mass is 445 g/mol. The van der Waals surface area contributed by atoms with Gasteiger partial charge in [0, 0.05) is 36.7 Å². The average Bonchev–Trinajstić information content (AvgIpc) is 3.41. The van der Waals surface area contributed by atoms with Crippen molar-refractivity contribution in [1.82, 2.24) is 14.9 Å². The predicted octanol–water partition coefficient (Wildman–Crippen LogP) is 3.89. The van der Waals surface area contributed by atoms with E-state index in [1.807, 2.05) is 23.1 Å². The molecule has 0 saturated carbocycles. The summed E-state index contributed by atoms with van der Waals surface area (Å²) >= 11 is 0. The van der Waals surface area contributed by atoms with Gasteiger partial charge < -0.3 is 14.8 Å². The highest BCUT2D eigenvalue weighted by Crippen LogP contribution is 2.35. The van der Waals surface area contributed by atoms with Crippen molar-refractivity contribution in [2.45, 2.75) is 45.1 Å². The molecule has 8 nitrogen and oxygen atoms in total. The van der Waals surface area contributed by atoms with Crippen molar-refractivity contribution in [3.05, 3.63) is 53.6 Å². The Morgan fingerprint density at radius 2 is 1.76 bits per heavy atom. The number of carbonyl (C=O) groups is 3. The molecule has 8 heteroatoms. The maximum atomic E-state index is 13.1. The summed E-state index contributed by atoms with van der Waals surface area (Å²) in [5.74, 6) is 0.0582. The zero-order valence-electron chi connectivity index (χ0n) is 18.6. The van der Waals surface area contributed by atoms with Gasteiger partial charge in [-0.05, 0) is 62.9 Å². The molecule has 0 unspecified atom stereocenters. The first-order valence-electron chi connectivity index (χ1n) is 11.5. The van der Waals surface area contributed by atoms with Crippen molar-refractivity contribution in [3.63, 3.8) is 0 Å². The van der Waals surface area contributed by atoms with Gasteiger partial charge >= 0.3 is 0 Å². The van der Waals surface area contributed by atoms with E-state index in [2.05, 4.69) is 22.1 Å². The Hall–Kier alpha value is -3.68. The van der Waals surface area contributed by atoms with Crippen LogP contribution >= 0.6 is 0 Å². The third-order valence-corrected chi connectivity index (χ3v) is 6.44. The van der Waals surface area contributed by atoms with E-state index in [1.54, 1.807) is 24.3 Å². The molecule has 33 heavy (non-hydrogen) atoms. The third-order valence-electron chi connectivity index (χ3n) is 6.44. The van der Waals surface area contributed by atoms with Crippen LogP contribution in [0.2, 0.25) is 0 Å². The molecule has 5 rings (SSSR count). The van der Waals surface area contributed by atoms with E-state index in [-0.39, 0.29) is 23.8 Å². The molecule has 3 aromatic rings. The van der Waals surface area contributed by atoms with Crippen molar-refractivity contribution < 1.29 is 14.4 Å². The van der Waals surface area contributed by atoms with Gasteiger partial charge in [-0.25, -0.2) is 4.98 Å². The topological polar surface area (TPSA) is 96.3 Å². The number of amides is 3. The fourth-order valence-electron chi connectivity index (χ4n) is 4.74. The summed E-state index contributed by atoms with van der Waals surface area (Å²) in [6.45, 7) is 3.36. The summed E-state index contributed by atoms with van der Waals surface area (Å²) in [4.78, 5) is 44.7. The van der Waals surface area contributed by atoms with Gasteiger partial charge in [0.25, 0.3) is 11.8 Å². The quantitative estimate of drug-likeness (QED) is 0.594. The van der Waals surface area contributed by atoms with Crippen LogP contribution in [0, 0.1) is 0 Å². The summed E-state index contributed by atoms with van der Waals surface area (Å²) in [5, 5.41) is 5.90. The molecular weight excluding hydrogens is 418 g/mol. The Bertz CT molecular complexity index is 1250. The second-order valence-electron chi connectivity index (χ2n) is 8.73. The van der Waals surface area contributed by atoms with Crippen LogP contribution in [0.4, 0.5) is 11.6 Å². The first kappa shape index (κ1) is 21.2. The maximum Gasteiger partial charge on any atom is 0.257 e. The lowest BCUT2D eigenvalue weighted by Crippen LogP contribution is -2.26. The fraction of sp³-hybridized carbons (Fsp3) is 0.360. The molecule has 0 aliphatic carbocycles. The molecule has 2 N–H and O–H groups in total. The molecule has 1 saturated heterocycles. The van der Waals surface area contributed by atoms with Crippen LogP contribution in [0.5, 0.6) is 0 Å². The summed E-state index contributed by atoms with van der Waals surface area (Å²) in [6.07, 6.45) is 3.98. The molecule has 1 atom stereocenters. The molecule has 0 spiro atoms. The first-order chi connectivity index (χ1) is 16.0. The Labute approximate surface area is 192 Å². The molecule has 0 radical (unpaired) electrons. The van der Waals surface area contributed by atoms with E-state index in [9.17, 15) is 14.4 Å². The minimum absolute atomic E-state index is 0.0362. The minimum atomic E-state index is -0.329. The number of fused-ring (bicyclic) bond motifs is 5. The zero-order chi connectivity index (χ0) is 22.9. The molecular formula is C25H27N5O3. The van der Waals surface area contributed by atoms with Crippen LogP contribution < -0.4 is 15.5 Å². The molecule has 2 aliphatic rings. The third kappa shape index (κ3) is 3.97. The molecule has 3 heterocycles. The number of rotatable bonds is 1. The lowest BCUT2D eigenvalue weighted by molar-refractivity contribution is -0.117. The van der Waals surface area contributed by atoms with Gasteiger partial charge in [0.2, 0.25) is 11.9 Å². The number of nitrogens with one attached hydrogen (secondary N) is 2. The number of hydrogen-bond acceptors (Lipinski definition) is 4. The molecule has 2 aliphatic heterocycles. The largest absolute Gasteiger partial charge is 0.352 e. The number of nitrogens with zero attached hydrogens (tertiary/aromatic N) is 3. The molecule has 2 aromatic carbocycles. The number of imidazole rings is 1. The highest BCUT2D eigenvalue weighted by atomic mass is 16.2. The second kappa shape index (κ2) is 8.69. The molecule has 170 valence electrons. The van der Waals surface area contributed by atoms with E-state index >= 15 is 0 Å². The Kier molecular flexibility index (Phi) is 5.58. The predicted molar refractivity (Wildman–Crippen MR) is 127 cm³/mol. The molecule has 1 fully saturated rings. The van der Waals surface area contributed by atoms with Gasteiger partial charge in [-0.2, -0.15) is 0 Å². The number of anilines is 2. The highest BCUT2D eigenvalue weighted by molar-refractivity contribution is 6.07. The Morgan fingerprint density at radius 3 is 2.55 bits per heavy atom. The summed E-state index contributed by atoms with van der Waals surface area (Å²) in [5.41, 5.74) is 3.29. The van der Waals surface area contributed by atoms with E-state index < -0.39 is 0 Å². The van der Waals surface area contributed by atoms with Gasteiger partial charge in [0.15, 0.2) is 0 Å². The molecule has 2 bridgehead atoms. The lowest BCUT2D eigenvalue weighted by atomic mass is 10.1. The molecule has 3 amide bonds. The van der Waals surface area contributed by atoms with E-state index in [1.165, 1.54) is 0 Å². The van der Waals surface area contributed by atoms with Crippen molar-refractivity contribution in [1.29, 1.82) is 0 Å². The summed E-state index contributed by atoms with van der Waals surface area (Å²) in [6, 6.07) is 12.5. The van der Waals surface area contributed by atoms with E-state index in [0.717, 1.165) is 42.4 Å². The SMILES string of the molecule is C[C@H]1CCCCNC(=O)c2cccc(c2)C(=O)Nc2nc3cccc(N4CCCC4=O)c3n21. The second-order valence-corrected chi connectivity index (χ2v) is 8.73. The highest BCUT2D eigenvalue weighted by Gasteiger charge is 2.27. The van der Waals surface area contributed by atoms with Gasteiger partial charge in [0.05, 0.1) is 16.7 Å². The standard InChI is InChI=1S/C25H27N5O3/c1-16-7-2-3-13-26-23(32)17-8-4-9-18(15-17)24(33)28-25-27-19-10-5-11-20(22(19)30(16)25)29-14-6-12-21(29)31/h4-5,8-11,15-16H,2-3,6-7,12-14H2,1H3,(H,26,32)(H,27,28,33)/t16-/m0/s1. The van der Waals surface area contributed by atoms with Crippen molar-refractivity contribution >= 4 is 40.4 Å². The Morgan fingerprint density at radius 1 is 0.970 bits per heavy atom. The number of para-hydroxylation sites is 1. The summed E-state index contributed by atoms with van der Waals surface area (Å²) in [7, 11) is 0. The number of hydrogen-bond donors (Lipinski definition) is 2. The van der Waals surface area contributed by atoms with Crippen molar-refractivity contribution in [2.24, 2.45) is 0 Å². The summed E-state index contributed by atoms with van der Waals surface area (Å²) < 4.78 is 2.06. The maximum absolute atomic E-state index is 13.1. The van der Waals surface area contributed by atoms with Gasteiger partial charge in [-0.15, -0.1) is 0 Å². The smallest absolute Gasteiger partial charge is 0.257 e. The van der Waals surface area contributed by atoms with Crippen LogP contribution in [0.1, 0.15) is 65.8 Å². The van der Waals surface area contributed by atoms with Crippen molar-refractivity contribution in [2.75, 3.05) is 23.3 Å². The normalized spacial score (nSPS) is 19.7. The number of aromatic nitrogens is 2. The van der Waals surface area contributed by atoms with Crippen molar-refractivity contribution in [3.8, 4) is 0 Å². The first-order valence-corrected chi connectivity index (χ1v) is 11.5. The lowest BCUT2D eigenvalue weighted by Gasteiger charge is -2.22. The zero-order valence-corrected chi connectivity index (χ0v) is 18.6. The fourth-order valence-corrected chi connectivity index (χ4v) is 4.74.